The third-order valence-electron chi connectivity index (χ3n) is 4.06. The maximum absolute atomic E-state index is 13.0. The molecular weight excluding hydrogens is 402 g/mol. The Bertz CT molecular complexity index is 1010. The molecule has 25 heavy (non-hydrogen) atoms. The molecule has 0 aliphatic carbocycles. The minimum atomic E-state index is -0.181. The van der Waals surface area contributed by atoms with Crippen LogP contribution in [-0.4, -0.2) is 15.9 Å². The minimum Gasteiger partial charge on any atom is -0.267 e. The van der Waals surface area contributed by atoms with Crippen molar-refractivity contribution in [2.75, 3.05) is 0 Å². The zero-order valence-corrected chi connectivity index (χ0v) is 16.3. The topological polar surface area (TPSA) is 47.2 Å². The average molecular weight is 419 g/mol. The van der Waals surface area contributed by atoms with Crippen LogP contribution in [0.5, 0.6) is 0 Å². The van der Waals surface area contributed by atoms with Crippen LogP contribution in [-0.2, 0) is 0 Å². The van der Waals surface area contributed by atoms with Gasteiger partial charge in [0.25, 0.3) is 5.56 Å². The Hall–Kier alpha value is -1.98. The second-order valence-corrected chi connectivity index (χ2v) is 7.21. The predicted octanol–water partition coefficient (Wildman–Crippen LogP) is 5.21. The number of hydrogen-bond acceptors (Lipinski definition) is 3. The summed E-state index contributed by atoms with van der Waals surface area (Å²) in [5, 5.41) is 5.56. The van der Waals surface area contributed by atoms with Gasteiger partial charge in [0, 0.05) is 15.4 Å². The smallest absolute Gasteiger partial charge is 0.267 e. The van der Waals surface area contributed by atoms with E-state index in [0.29, 0.717) is 21.7 Å². The molecule has 0 aliphatic rings. The molecule has 3 aromatic rings. The fourth-order valence-corrected chi connectivity index (χ4v) is 3.05. The van der Waals surface area contributed by atoms with Crippen LogP contribution in [0, 0.1) is 0 Å². The van der Waals surface area contributed by atoms with Crippen LogP contribution in [0.2, 0.25) is 5.02 Å². The zero-order valence-electron chi connectivity index (χ0n) is 13.9. The first-order valence-corrected chi connectivity index (χ1v) is 9.19. The van der Waals surface area contributed by atoms with Crippen LogP contribution in [0.1, 0.15) is 37.6 Å². The van der Waals surface area contributed by atoms with Crippen LogP contribution in [0.15, 0.2) is 56.8 Å². The van der Waals surface area contributed by atoms with E-state index in [0.717, 1.165) is 16.5 Å². The molecule has 128 valence electrons. The van der Waals surface area contributed by atoms with Crippen LogP contribution in [0.3, 0.4) is 0 Å². The highest BCUT2D eigenvalue weighted by molar-refractivity contribution is 9.10. The molecule has 1 atom stereocenters. The van der Waals surface area contributed by atoms with Gasteiger partial charge >= 0.3 is 0 Å². The van der Waals surface area contributed by atoms with E-state index in [4.69, 9.17) is 11.6 Å². The van der Waals surface area contributed by atoms with E-state index in [2.05, 4.69) is 32.9 Å². The summed E-state index contributed by atoms with van der Waals surface area (Å²) in [6.07, 6.45) is 2.49. The maximum Gasteiger partial charge on any atom is 0.282 e. The van der Waals surface area contributed by atoms with E-state index >= 15 is 0 Å². The molecule has 0 amide bonds. The monoisotopic (exact) mass is 417 g/mol. The van der Waals surface area contributed by atoms with Crippen molar-refractivity contribution >= 4 is 44.6 Å². The highest BCUT2D eigenvalue weighted by Crippen LogP contribution is 2.20. The van der Waals surface area contributed by atoms with E-state index in [-0.39, 0.29) is 11.5 Å². The third-order valence-corrected chi connectivity index (χ3v) is 4.79. The number of fused-ring (bicyclic) bond motifs is 1. The van der Waals surface area contributed by atoms with E-state index < -0.39 is 0 Å². The molecule has 0 saturated heterocycles. The standard InChI is InChI=1S/C19H17BrClN3O/c1-3-12(2)18-23-17-8-7-14(20)10-16(17)19(25)24(18)22-11-13-5-4-6-15(21)9-13/h4-12H,3H2,1-2H3/t12-/m0/s1. The highest BCUT2D eigenvalue weighted by Gasteiger charge is 2.15. The van der Waals surface area contributed by atoms with Gasteiger partial charge < -0.3 is 0 Å². The third kappa shape index (κ3) is 3.83. The maximum atomic E-state index is 13.0. The molecule has 0 spiro atoms. The van der Waals surface area contributed by atoms with Gasteiger partial charge in [0.05, 0.1) is 17.1 Å². The molecule has 3 rings (SSSR count). The molecule has 0 radical (unpaired) electrons. The molecule has 0 unspecified atom stereocenters. The van der Waals surface area contributed by atoms with E-state index in [1.54, 1.807) is 24.4 Å². The van der Waals surface area contributed by atoms with Crippen molar-refractivity contribution in [2.24, 2.45) is 5.10 Å². The van der Waals surface area contributed by atoms with Crippen LogP contribution < -0.4 is 5.56 Å². The Kier molecular flexibility index (Phi) is 5.35. The van der Waals surface area contributed by atoms with E-state index in [1.807, 2.05) is 31.2 Å². The van der Waals surface area contributed by atoms with Gasteiger partial charge in [-0.1, -0.05) is 53.5 Å². The first kappa shape index (κ1) is 17.8. The minimum absolute atomic E-state index is 0.109. The van der Waals surface area contributed by atoms with Gasteiger partial charge in [-0.05, 0) is 42.3 Å². The Morgan fingerprint density at radius 1 is 1.32 bits per heavy atom. The second kappa shape index (κ2) is 7.50. The summed E-state index contributed by atoms with van der Waals surface area (Å²) in [6.45, 7) is 4.10. The Labute approximate surface area is 159 Å². The zero-order chi connectivity index (χ0) is 18.0. The van der Waals surface area contributed by atoms with Crippen molar-refractivity contribution in [1.82, 2.24) is 9.66 Å². The number of halogens is 2. The molecule has 1 aromatic heterocycles. The summed E-state index contributed by atoms with van der Waals surface area (Å²) in [5.41, 5.74) is 1.32. The largest absolute Gasteiger partial charge is 0.282 e. The van der Waals surface area contributed by atoms with Gasteiger partial charge in [0.1, 0.15) is 5.82 Å². The number of benzene rings is 2. The summed E-state index contributed by atoms with van der Waals surface area (Å²) in [6, 6.07) is 12.8. The quantitative estimate of drug-likeness (QED) is 0.546. The molecule has 0 saturated carbocycles. The summed E-state index contributed by atoms with van der Waals surface area (Å²) in [7, 11) is 0. The van der Waals surface area contributed by atoms with Gasteiger partial charge in [0.2, 0.25) is 0 Å². The number of hydrogen-bond donors (Lipinski definition) is 0. The molecule has 0 fully saturated rings. The molecule has 0 aliphatic heterocycles. The molecule has 1 heterocycles. The first-order chi connectivity index (χ1) is 12.0. The SMILES string of the molecule is CC[C@H](C)c1nc2ccc(Br)cc2c(=O)n1N=Cc1cccc(Cl)c1. The Balaban J connectivity index is 2.20. The second-order valence-electron chi connectivity index (χ2n) is 5.86. The average Bonchev–Trinajstić information content (AvgIpc) is 2.60. The van der Waals surface area contributed by atoms with Gasteiger partial charge in [-0.25, -0.2) is 4.98 Å². The van der Waals surface area contributed by atoms with Crippen molar-refractivity contribution in [3.63, 3.8) is 0 Å². The Morgan fingerprint density at radius 2 is 2.12 bits per heavy atom. The van der Waals surface area contributed by atoms with Gasteiger partial charge in [-0.15, -0.1) is 0 Å². The lowest BCUT2D eigenvalue weighted by Crippen LogP contribution is -2.23. The molecule has 0 N–H and O–H groups in total. The molecular formula is C19H17BrClN3O. The number of nitrogens with zero attached hydrogens (tertiary/aromatic N) is 3. The summed E-state index contributed by atoms with van der Waals surface area (Å²) < 4.78 is 2.23. The van der Waals surface area contributed by atoms with Crippen molar-refractivity contribution < 1.29 is 0 Å². The lowest BCUT2D eigenvalue weighted by molar-refractivity contribution is 0.613. The van der Waals surface area contributed by atoms with Crippen LogP contribution in [0.25, 0.3) is 10.9 Å². The molecule has 0 bridgehead atoms. The van der Waals surface area contributed by atoms with E-state index in [1.165, 1.54) is 4.68 Å². The predicted molar refractivity (Wildman–Crippen MR) is 107 cm³/mol. The fourth-order valence-electron chi connectivity index (χ4n) is 2.49. The van der Waals surface area contributed by atoms with Crippen LogP contribution in [0.4, 0.5) is 0 Å². The summed E-state index contributed by atoms with van der Waals surface area (Å²) in [5.74, 6) is 0.762. The molecule has 2 aromatic carbocycles. The molecule has 4 nitrogen and oxygen atoms in total. The Morgan fingerprint density at radius 3 is 2.84 bits per heavy atom. The lowest BCUT2D eigenvalue weighted by Gasteiger charge is -2.13. The fraction of sp³-hybridized carbons (Fsp3) is 0.211. The van der Waals surface area contributed by atoms with Crippen molar-refractivity contribution in [3.05, 3.63) is 73.7 Å². The van der Waals surface area contributed by atoms with E-state index in [9.17, 15) is 4.79 Å². The van der Waals surface area contributed by atoms with Crippen molar-refractivity contribution in [1.29, 1.82) is 0 Å². The first-order valence-electron chi connectivity index (χ1n) is 8.01. The summed E-state index contributed by atoms with van der Waals surface area (Å²) >= 11 is 9.42. The highest BCUT2D eigenvalue weighted by atomic mass is 79.9. The van der Waals surface area contributed by atoms with Gasteiger partial charge in [-0.2, -0.15) is 9.78 Å². The van der Waals surface area contributed by atoms with Gasteiger partial charge in [0.15, 0.2) is 0 Å². The normalized spacial score (nSPS) is 12.8. The van der Waals surface area contributed by atoms with Crippen molar-refractivity contribution in [3.8, 4) is 0 Å². The number of aromatic nitrogens is 2. The van der Waals surface area contributed by atoms with Gasteiger partial charge in [-0.3, -0.25) is 4.79 Å². The van der Waals surface area contributed by atoms with Crippen LogP contribution >= 0.6 is 27.5 Å². The number of rotatable bonds is 4. The lowest BCUT2D eigenvalue weighted by atomic mass is 10.1. The molecule has 6 heteroatoms. The van der Waals surface area contributed by atoms with Crippen molar-refractivity contribution in [2.45, 2.75) is 26.2 Å². The summed E-state index contributed by atoms with van der Waals surface area (Å²) in [4.78, 5) is 17.7.